The number of aromatic hydroxyl groups is 2. The van der Waals surface area contributed by atoms with Crippen molar-refractivity contribution in [2.24, 2.45) is 0 Å². The molecule has 0 aromatic heterocycles. The van der Waals surface area contributed by atoms with Crippen LogP contribution in [-0.2, 0) is 0 Å². The standard InChI is InChI=1S/C19H20O2/c1-14(16-10-3-5-12-18(16)20)8-7-9-15(2)17-11-4-6-13-19(17)21/h3-6,8-13,20-21H,7H2,1-2H3/b14-8+,15-9+. The third kappa shape index (κ3) is 3.76. The highest BCUT2D eigenvalue weighted by Crippen LogP contribution is 2.26. The molecule has 0 heterocycles. The zero-order valence-corrected chi connectivity index (χ0v) is 12.4. The maximum absolute atomic E-state index is 9.81. The average molecular weight is 280 g/mol. The summed E-state index contributed by atoms with van der Waals surface area (Å²) in [6.07, 6.45) is 4.89. The third-order valence-corrected chi connectivity index (χ3v) is 3.51. The first kappa shape index (κ1) is 14.9. The van der Waals surface area contributed by atoms with Crippen LogP contribution >= 0.6 is 0 Å². The molecule has 0 bridgehead atoms. The lowest BCUT2D eigenvalue weighted by molar-refractivity contribution is 0.473. The van der Waals surface area contributed by atoms with Gasteiger partial charge in [0.1, 0.15) is 11.5 Å². The van der Waals surface area contributed by atoms with Gasteiger partial charge in [-0.05, 0) is 43.5 Å². The summed E-state index contributed by atoms with van der Waals surface area (Å²) in [5.74, 6) is 0.598. The van der Waals surface area contributed by atoms with Crippen LogP contribution in [0.5, 0.6) is 11.5 Å². The van der Waals surface area contributed by atoms with E-state index in [1.54, 1.807) is 12.1 Å². The Labute approximate surface area is 125 Å². The summed E-state index contributed by atoms with van der Waals surface area (Å²) in [6, 6.07) is 14.6. The van der Waals surface area contributed by atoms with Crippen LogP contribution in [-0.4, -0.2) is 10.2 Å². The molecule has 0 aliphatic rings. The quantitative estimate of drug-likeness (QED) is 0.827. The Morgan fingerprint density at radius 2 is 1.14 bits per heavy atom. The molecule has 2 aromatic rings. The first-order valence-electron chi connectivity index (χ1n) is 7.00. The van der Waals surface area contributed by atoms with Crippen LogP contribution in [0.1, 0.15) is 31.4 Å². The van der Waals surface area contributed by atoms with Gasteiger partial charge in [0.25, 0.3) is 0 Å². The molecule has 0 atom stereocenters. The minimum Gasteiger partial charge on any atom is -0.507 e. The van der Waals surface area contributed by atoms with Gasteiger partial charge in [0.05, 0.1) is 0 Å². The van der Waals surface area contributed by atoms with E-state index in [0.29, 0.717) is 11.5 Å². The minimum atomic E-state index is 0.299. The van der Waals surface area contributed by atoms with Crippen LogP contribution in [0, 0.1) is 0 Å². The minimum absolute atomic E-state index is 0.299. The van der Waals surface area contributed by atoms with Crippen molar-refractivity contribution in [2.45, 2.75) is 20.3 Å². The number of phenols is 2. The summed E-state index contributed by atoms with van der Waals surface area (Å²) in [5, 5.41) is 19.6. The van der Waals surface area contributed by atoms with Crippen molar-refractivity contribution in [1.82, 2.24) is 0 Å². The van der Waals surface area contributed by atoms with Crippen LogP contribution < -0.4 is 0 Å². The highest BCUT2D eigenvalue weighted by atomic mass is 16.3. The molecular formula is C19H20O2. The number of para-hydroxylation sites is 2. The summed E-state index contributed by atoms with van der Waals surface area (Å²) < 4.78 is 0. The maximum atomic E-state index is 9.81. The van der Waals surface area contributed by atoms with E-state index in [4.69, 9.17) is 0 Å². The second kappa shape index (κ2) is 6.80. The maximum Gasteiger partial charge on any atom is 0.123 e. The van der Waals surface area contributed by atoms with Crippen LogP contribution in [0.25, 0.3) is 11.1 Å². The van der Waals surface area contributed by atoms with Crippen LogP contribution in [0.15, 0.2) is 60.7 Å². The van der Waals surface area contributed by atoms with Crippen molar-refractivity contribution >= 4 is 11.1 Å². The van der Waals surface area contributed by atoms with E-state index < -0.39 is 0 Å². The van der Waals surface area contributed by atoms with E-state index in [0.717, 1.165) is 28.7 Å². The summed E-state index contributed by atoms with van der Waals surface area (Å²) in [7, 11) is 0. The normalized spacial score (nSPS) is 12.5. The van der Waals surface area contributed by atoms with E-state index in [2.05, 4.69) is 12.2 Å². The topological polar surface area (TPSA) is 40.5 Å². The Morgan fingerprint density at radius 3 is 1.52 bits per heavy atom. The number of hydrogen-bond acceptors (Lipinski definition) is 2. The molecule has 2 heteroatoms. The fraction of sp³-hybridized carbons (Fsp3) is 0.158. The number of benzene rings is 2. The molecule has 0 unspecified atom stereocenters. The molecule has 0 radical (unpaired) electrons. The molecule has 0 saturated heterocycles. The Balaban J connectivity index is 2.13. The van der Waals surface area contributed by atoms with Crippen molar-refractivity contribution in [3.8, 4) is 11.5 Å². The molecule has 2 aromatic carbocycles. The number of allylic oxidation sites excluding steroid dienone is 4. The van der Waals surface area contributed by atoms with E-state index in [-0.39, 0.29) is 0 Å². The van der Waals surface area contributed by atoms with Gasteiger partial charge in [-0.25, -0.2) is 0 Å². The first-order chi connectivity index (χ1) is 10.1. The fourth-order valence-corrected chi connectivity index (χ4v) is 2.25. The van der Waals surface area contributed by atoms with Crippen molar-refractivity contribution < 1.29 is 10.2 Å². The van der Waals surface area contributed by atoms with E-state index in [1.807, 2.05) is 50.2 Å². The molecular weight excluding hydrogens is 260 g/mol. The van der Waals surface area contributed by atoms with E-state index in [9.17, 15) is 10.2 Å². The van der Waals surface area contributed by atoms with Gasteiger partial charge < -0.3 is 10.2 Å². The molecule has 21 heavy (non-hydrogen) atoms. The second-order valence-corrected chi connectivity index (χ2v) is 5.04. The molecule has 0 saturated carbocycles. The second-order valence-electron chi connectivity index (χ2n) is 5.04. The van der Waals surface area contributed by atoms with Crippen LogP contribution in [0.2, 0.25) is 0 Å². The van der Waals surface area contributed by atoms with Gasteiger partial charge in [-0.1, -0.05) is 48.6 Å². The molecule has 0 spiro atoms. The monoisotopic (exact) mass is 280 g/mol. The summed E-state index contributed by atoms with van der Waals surface area (Å²) in [6.45, 7) is 3.97. The summed E-state index contributed by atoms with van der Waals surface area (Å²) >= 11 is 0. The van der Waals surface area contributed by atoms with Gasteiger partial charge in [-0.15, -0.1) is 0 Å². The zero-order valence-electron chi connectivity index (χ0n) is 12.4. The Kier molecular flexibility index (Phi) is 4.83. The molecule has 2 rings (SSSR count). The van der Waals surface area contributed by atoms with Crippen molar-refractivity contribution in [3.05, 3.63) is 71.8 Å². The van der Waals surface area contributed by atoms with E-state index >= 15 is 0 Å². The van der Waals surface area contributed by atoms with Crippen molar-refractivity contribution in [1.29, 1.82) is 0 Å². The van der Waals surface area contributed by atoms with Gasteiger partial charge in [0.15, 0.2) is 0 Å². The Hall–Kier alpha value is -2.48. The highest BCUT2D eigenvalue weighted by Gasteiger charge is 2.02. The highest BCUT2D eigenvalue weighted by molar-refractivity contribution is 5.71. The summed E-state index contributed by atoms with van der Waals surface area (Å²) in [4.78, 5) is 0. The fourth-order valence-electron chi connectivity index (χ4n) is 2.25. The van der Waals surface area contributed by atoms with Crippen molar-refractivity contribution in [2.75, 3.05) is 0 Å². The van der Waals surface area contributed by atoms with Crippen LogP contribution in [0.3, 0.4) is 0 Å². The lowest BCUT2D eigenvalue weighted by Gasteiger charge is -2.05. The molecule has 2 N–H and O–H groups in total. The SMILES string of the molecule is C/C(=C\C/C=C(\C)c1ccccc1O)c1ccccc1O. The lowest BCUT2D eigenvalue weighted by atomic mass is 10.0. The van der Waals surface area contributed by atoms with Gasteiger partial charge in [0.2, 0.25) is 0 Å². The lowest BCUT2D eigenvalue weighted by Crippen LogP contribution is -1.82. The summed E-state index contributed by atoms with van der Waals surface area (Å²) in [5.41, 5.74) is 3.78. The third-order valence-electron chi connectivity index (χ3n) is 3.51. The largest absolute Gasteiger partial charge is 0.507 e. The number of hydrogen-bond donors (Lipinski definition) is 2. The molecule has 2 nitrogen and oxygen atoms in total. The molecule has 0 aliphatic carbocycles. The van der Waals surface area contributed by atoms with Gasteiger partial charge >= 0.3 is 0 Å². The zero-order chi connectivity index (χ0) is 15.2. The van der Waals surface area contributed by atoms with Crippen LogP contribution in [0.4, 0.5) is 0 Å². The Bertz CT molecular complexity index is 622. The average Bonchev–Trinajstić information content (AvgIpc) is 2.48. The molecule has 0 aliphatic heterocycles. The Morgan fingerprint density at radius 1 is 0.762 bits per heavy atom. The molecule has 0 fully saturated rings. The van der Waals surface area contributed by atoms with E-state index in [1.165, 1.54) is 0 Å². The molecule has 0 amide bonds. The van der Waals surface area contributed by atoms with Gasteiger partial charge in [0, 0.05) is 11.1 Å². The van der Waals surface area contributed by atoms with Gasteiger partial charge in [-0.2, -0.15) is 0 Å². The predicted molar refractivity (Wildman–Crippen MR) is 88.1 cm³/mol. The van der Waals surface area contributed by atoms with Crippen molar-refractivity contribution in [3.63, 3.8) is 0 Å². The molecule has 108 valence electrons. The first-order valence-corrected chi connectivity index (χ1v) is 7.00. The van der Waals surface area contributed by atoms with Gasteiger partial charge in [-0.3, -0.25) is 0 Å². The smallest absolute Gasteiger partial charge is 0.123 e. The number of phenolic OH excluding ortho intramolecular Hbond substituents is 2. The number of rotatable bonds is 4. The predicted octanol–water partition coefficient (Wildman–Crippen LogP) is 4.99.